The number of ether oxygens (including phenoxy) is 1. The van der Waals surface area contributed by atoms with E-state index in [0.29, 0.717) is 0 Å². The van der Waals surface area contributed by atoms with Gasteiger partial charge in [0.05, 0.1) is 7.11 Å². The van der Waals surface area contributed by atoms with Crippen LogP contribution in [0.1, 0.15) is 17.3 Å². The van der Waals surface area contributed by atoms with Crippen molar-refractivity contribution in [2.45, 2.75) is 6.17 Å². The molecule has 5 heteroatoms. The van der Waals surface area contributed by atoms with Crippen LogP contribution in [-0.4, -0.2) is 45.2 Å². The number of piperazine rings is 1. The van der Waals surface area contributed by atoms with E-state index in [1.165, 1.54) is 11.3 Å². The molecule has 5 nitrogen and oxygen atoms in total. The molecular formula is C27H30N4O. The van der Waals surface area contributed by atoms with Gasteiger partial charge < -0.3 is 25.2 Å². The van der Waals surface area contributed by atoms with Crippen LogP contribution in [0.15, 0.2) is 72.9 Å². The number of anilines is 2. The fraction of sp³-hybridized carbons (Fsp3) is 0.259. The molecular weight excluding hydrogens is 396 g/mol. The molecule has 3 aromatic rings. The molecule has 1 unspecified atom stereocenters. The highest BCUT2D eigenvalue weighted by molar-refractivity contribution is 5.73. The number of rotatable bonds is 4. The normalized spacial score (nSPS) is 18.5. The van der Waals surface area contributed by atoms with Gasteiger partial charge in [-0.15, -0.1) is 0 Å². The Kier molecular flexibility index (Phi) is 5.60. The highest BCUT2D eigenvalue weighted by Crippen LogP contribution is 2.35. The van der Waals surface area contributed by atoms with E-state index in [9.17, 15) is 0 Å². The summed E-state index contributed by atoms with van der Waals surface area (Å²) in [6.45, 7) is 4.35. The summed E-state index contributed by atoms with van der Waals surface area (Å²) in [7, 11) is 3.87. The SMILES string of the molecule is COc1ccc(-c2ccc3c(c2)C(N)N(c2ccc(N4CCN(C)CC4)cc2)C=C3)cc1. The molecule has 0 aromatic heterocycles. The largest absolute Gasteiger partial charge is 0.497 e. The number of likely N-dealkylation sites (N-methyl/N-ethyl adjacent to an activating group) is 1. The first-order valence-corrected chi connectivity index (χ1v) is 11.2. The van der Waals surface area contributed by atoms with Crippen molar-refractivity contribution in [3.8, 4) is 16.9 Å². The maximum atomic E-state index is 6.75. The van der Waals surface area contributed by atoms with E-state index in [0.717, 1.165) is 54.3 Å². The number of nitrogens with two attached hydrogens (primary N) is 1. The monoisotopic (exact) mass is 426 g/mol. The molecule has 1 atom stereocenters. The van der Waals surface area contributed by atoms with Crippen LogP contribution in [0.3, 0.4) is 0 Å². The van der Waals surface area contributed by atoms with Crippen molar-refractivity contribution < 1.29 is 4.74 Å². The molecule has 1 fully saturated rings. The van der Waals surface area contributed by atoms with Crippen molar-refractivity contribution >= 4 is 17.5 Å². The Morgan fingerprint density at radius 3 is 2.16 bits per heavy atom. The zero-order valence-electron chi connectivity index (χ0n) is 18.7. The molecule has 2 heterocycles. The number of hydrogen-bond donors (Lipinski definition) is 1. The Balaban J connectivity index is 1.37. The van der Waals surface area contributed by atoms with Gasteiger partial charge in [0.2, 0.25) is 0 Å². The Morgan fingerprint density at radius 2 is 1.47 bits per heavy atom. The summed E-state index contributed by atoms with van der Waals surface area (Å²) in [5.74, 6) is 0.859. The summed E-state index contributed by atoms with van der Waals surface area (Å²) in [4.78, 5) is 6.97. The van der Waals surface area contributed by atoms with Crippen LogP contribution in [0.2, 0.25) is 0 Å². The van der Waals surface area contributed by atoms with Crippen LogP contribution in [-0.2, 0) is 0 Å². The number of nitrogens with zero attached hydrogens (tertiary/aromatic N) is 3. The average molecular weight is 427 g/mol. The highest BCUT2D eigenvalue weighted by atomic mass is 16.5. The molecule has 5 rings (SSSR count). The number of fused-ring (bicyclic) bond motifs is 1. The minimum atomic E-state index is -0.234. The molecule has 2 aliphatic rings. The topological polar surface area (TPSA) is 45.0 Å². The zero-order chi connectivity index (χ0) is 22.1. The molecule has 0 aliphatic carbocycles. The lowest BCUT2D eigenvalue weighted by atomic mass is 9.95. The van der Waals surface area contributed by atoms with Gasteiger partial charge in [0, 0.05) is 43.8 Å². The van der Waals surface area contributed by atoms with E-state index in [2.05, 4.69) is 88.6 Å². The van der Waals surface area contributed by atoms with Crippen molar-refractivity contribution in [2.24, 2.45) is 5.73 Å². The predicted molar refractivity (Wildman–Crippen MR) is 133 cm³/mol. The second-order valence-electron chi connectivity index (χ2n) is 8.55. The molecule has 32 heavy (non-hydrogen) atoms. The van der Waals surface area contributed by atoms with Crippen LogP contribution in [0.4, 0.5) is 11.4 Å². The molecule has 1 saturated heterocycles. The minimum Gasteiger partial charge on any atom is -0.497 e. The van der Waals surface area contributed by atoms with Crippen molar-refractivity contribution in [1.82, 2.24) is 4.90 Å². The lowest BCUT2D eigenvalue weighted by Crippen LogP contribution is -2.44. The predicted octanol–water partition coefficient (Wildman–Crippen LogP) is 4.56. The Hall–Kier alpha value is -3.28. The van der Waals surface area contributed by atoms with E-state index in [-0.39, 0.29) is 6.17 Å². The van der Waals surface area contributed by atoms with Crippen LogP contribution < -0.4 is 20.3 Å². The van der Waals surface area contributed by atoms with Crippen molar-refractivity contribution in [2.75, 3.05) is 50.1 Å². The maximum Gasteiger partial charge on any atom is 0.118 e. The quantitative estimate of drug-likeness (QED) is 0.663. The summed E-state index contributed by atoms with van der Waals surface area (Å²) >= 11 is 0. The van der Waals surface area contributed by atoms with E-state index in [4.69, 9.17) is 10.5 Å². The van der Waals surface area contributed by atoms with Crippen molar-refractivity contribution in [3.63, 3.8) is 0 Å². The van der Waals surface area contributed by atoms with Crippen LogP contribution in [0.5, 0.6) is 5.75 Å². The second-order valence-corrected chi connectivity index (χ2v) is 8.55. The van der Waals surface area contributed by atoms with Crippen LogP contribution >= 0.6 is 0 Å². The summed E-state index contributed by atoms with van der Waals surface area (Å²) in [6, 6.07) is 23.4. The fourth-order valence-corrected chi connectivity index (χ4v) is 4.50. The van der Waals surface area contributed by atoms with Gasteiger partial charge in [0.25, 0.3) is 0 Å². The minimum absolute atomic E-state index is 0.234. The molecule has 0 saturated carbocycles. The smallest absolute Gasteiger partial charge is 0.118 e. The first kappa shape index (κ1) is 20.6. The molecule has 0 spiro atoms. The third kappa shape index (κ3) is 3.97. The number of methoxy groups -OCH3 is 1. The molecule has 0 radical (unpaired) electrons. The van der Waals surface area contributed by atoms with Crippen LogP contribution in [0.25, 0.3) is 17.2 Å². The van der Waals surface area contributed by atoms with E-state index in [1.807, 2.05) is 12.1 Å². The second kappa shape index (κ2) is 8.69. The zero-order valence-corrected chi connectivity index (χ0v) is 18.7. The molecule has 3 aromatic carbocycles. The Bertz CT molecular complexity index is 1100. The Labute approximate surface area is 190 Å². The van der Waals surface area contributed by atoms with Crippen molar-refractivity contribution in [3.05, 3.63) is 84.1 Å². The number of benzene rings is 3. The van der Waals surface area contributed by atoms with Gasteiger partial charge in [0.1, 0.15) is 11.9 Å². The van der Waals surface area contributed by atoms with Gasteiger partial charge in [0.15, 0.2) is 0 Å². The third-order valence-electron chi connectivity index (χ3n) is 6.56. The molecule has 0 amide bonds. The van der Waals surface area contributed by atoms with Gasteiger partial charge in [-0.25, -0.2) is 0 Å². The van der Waals surface area contributed by atoms with Gasteiger partial charge in [-0.1, -0.05) is 24.3 Å². The first-order valence-electron chi connectivity index (χ1n) is 11.2. The third-order valence-corrected chi connectivity index (χ3v) is 6.56. The Morgan fingerprint density at radius 1 is 0.812 bits per heavy atom. The lowest BCUT2D eigenvalue weighted by molar-refractivity contribution is 0.313. The molecule has 0 bridgehead atoms. The summed E-state index contributed by atoms with van der Waals surface area (Å²) in [6.07, 6.45) is 4.00. The van der Waals surface area contributed by atoms with Gasteiger partial charge >= 0.3 is 0 Å². The maximum absolute atomic E-state index is 6.75. The van der Waals surface area contributed by atoms with Gasteiger partial charge in [-0.05, 0) is 77.8 Å². The van der Waals surface area contributed by atoms with Gasteiger partial charge in [-0.3, -0.25) is 0 Å². The van der Waals surface area contributed by atoms with E-state index < -0.39 is 0 Å². The first-order chi connectivity index (χ1) is 15.6. The van der Waals surface area contributed by atoms with E-state index >= 15 is 0 Å². The van der Waals surface area contributed by atoms with Crippen molar-refractivity contribution in [1.29, 1.82) is 0 Å². The standard InChI is InChI=1S/C27H30N4O/c1-29-15-17-30(18-16-29)23-7-9-24(10-8-23)31-14-13-21-3-4-22(19-26(21)27(31)28)20-5-11-25(32-2)12-6-20/h3-14,19,27H,15-18,28H2,1-2H3. The lowest BCUT2D eigenvalue weighted by Gasteiger charge is -2.35. The van der Waals surface area contributed by atoms with Crippen LogP contribution in [0, 0.1) is 0 Å². The van der Waals surface area contributed by atoms with E-state index in [1.54, 1.807) is 7.11 Å². The average Bonchev–Trinajstić information content (AvgIpc) is 2.85. The fourth-order valence-electron chi connectivity index (χ4n) is 4.50. The number of hydrogen-bond acceptors (Lipinski definition) is 5. The molecule has 2 aliphatic heterocycles. The summed E-state index contributed by atoms with van der Waals surface area (Å²) in [5, 5.41) is 0. The van der Waals surface area contributed by atoms with Gasteiger partial charge in [-0.2, -0.15) is 0 Å². The molecule has 2 N–H and O–H groups in total. The summed E-state index contributed by atoms with van der Waals surface area (Å²) < 4.78 is 5.29. The summed E-state index contributed by atoms with van der Waals surface area (Å²) in [5.41, 5.74) is 13.7. The molecule has 164 valence electrons. The highest BCUT2D eigenvalue weighted by Gasteiger charge is 2.22.